The number of halogens is 1. The maximum atomic E-state index is 14.1. The first kappa shape index (κ1) is 16.1. The summed E-state index contributed by atoms with van der Waals surface area (Å²) in [6, 6.07) is 5.50. The number of fused-ring (bicyclic) bond motifs is 1. The fourth-order valence-corrected chi connectivity index (χ4v) is 3.18. The van der Waals surface area contributed by atoms with Crippen LogP contribution >= 0.6 is 0 Å². The second kappa shape index (κ2) is 5.83. The molecule has 1 N–H and O–H groups in total. The van der Waals surface area contributed by atoms with Gasteiger partial charge < -0.3 is 14.6 Å². The van der Waals surface area contributed by atoms with E-state index in [4.69, 9.17) is 0 Å². The Hall–Kier alpha value is -3.42. The molecule has 1 aliphatic rings. The molecule has 0 bridgehead atoms. The molecule has 0 saturated carbocycles. The van der Waals surface area contributed by atoms with E-state index in [0.717, 1.165) is 4.57 Å². The second-order valence-electron chi connectivity index (χ2n) is 6.09. The smallest absolute Gasteiger partial charge is 0.283 e. The van der Waals surface area contributed by atoms with Crippen molar-refractivity contribution in [2.45, 2.75) is 6.04 Å². The van der Waals surface area contributed by atoms with Gasteiger partial charge in [0.2, 0.25) is 5.91 Å². The van der Waals surface area contributed by atoms with Crippen molar-refractivity contribution in [3.8, 4) is 11.4 Å². The molecule has 4 rings (SSSR count). The standard InChI is InChI=1S/C18H15FN4O3/c1-2-15(25)21-8-11(9-21)23-10-20-16-13(23)6-7-22(18(16)26)17-12(19)4-3-5-14(17)24/h2-7,10-11,24H,1,8-9H2. The first-order valence-corrected chi connectivity index (χ1v) is 7.98. The number of pyridine rings is 1. The van der Waals surface area contributed by atoms with Crippen molar-refractivity contribution in [2.24, 2.45) is 0 Å². The largest absolute Gasteiger partial charge is 0.506 e. The van der Waals surface area contributed by atoms with Gasteiger partial charge in [-0.25, -0.2) is 9.37 Å². The molecule has 1 amide bonds. The molecule has 0 spiro atoms. The molecule has 7 nitrogen and oxygen atoms in total. The van der Waals surface area contributed by atoms with E-state index < -0.39 is 11.4 Å². The monoisotopic (exact) mass is 354 g/mol. The Bertz CT molecular complexity index is 1080. The summed E-state index contributed by atoms with van der Waals surface area (Å²) in [5, 5.41) is 9.92. The highest BCUT2D eigenvalue weighted by molar-refractivity contribution is 5.87. The number of phenolic OH excluding ortho intramolecular Hbond substituents is 1. The number of rotatable bonds is 3. The number of phenols is 1. The predicted octanol–water partition coefficient (Wildman–Crippen LogP) is 1.60. The number of likely N-dealkylation sites (tertiary alicyclic amines) is 1. The Kier molecular flexibility index (Phi) is 3.61. The maximum Gasteiger partial charge on any atom is 0.283 e. The van der Waals surface area contributed by atoms with Gasteiger partial charge in [0.1, 0.15) is 11.4 Å². The Morgan fingerprint density at radius 3 is 2.81 bits per heavy atom. The van der Waals surface area contributed by atoms with Crippen LogP contribution in [0.3, 0.4) is 0 Å². The lowest BCUT2D eigenvalue weighted by Crippen LogP contribution is -2.49. The van der Waals surface area contributed by atoms with Crippen molar-refractivity contribution in [3.05, 3.63) is 65.6 Å². The van der Waals surface area contributed by atoms with Gasteiger partial charge in [0.05, 0.1) is 17.9 Å². The number of para-hydroxylation sites is 1. The molecule has 0 radical (unpaired) electrons. The van der Waals surface area contributed by atoms with Gasteiger partial charge >= 0.3 is 0 Å². The summed E-state index contributed by atoms with van der Waals surface area (Å²) in [5.74, 6) is -1.17. The third kappa shape index (κ3) is 2.30. The maximum absolute atomic E-state index is 14.1. The zero-order valence-corrected chi connectivity index (χ0v) is 13.7. The first-order valence-electron chi connectivity index (χ1n) is 7.98. The van der Waals surface area contributed by atoms with Crippen LogP contribution in [0.4, 0.5) is 4.39 Å². The van der Waals surface area contributed by atoms with E-state index in [1.165, 1.54) is 36.8 Å². The van der Waals surface area contributed by atoms with Gasteiger partial charge in [-0.1, -0.05) is 12.6 Å². The number of benzene rings is 1. The van der Waals surface area contributed by atoms with Gasteiger partial charge in [0, 0.05) is 19.3 Å². The molecule has 132 valence electrons. The Morgan fingerprint density at radius 1 is 1.35 bits per heavy atom. The van der Waals surface area contributed by atoms with Crippen molar-refractivity contribution < 1.29 is 14.3 Å². The van der Waals surface area contributed by atoms with E-state index >= 15 is 0 Å². The van der Waals surface area contributed by atoms with Crippen LogP contribution in [0.2, 0.25) is 0 Å². The van der Waals surface area contributed by atoms with Gasteiger partial charge in [0.25, 0.3) is 5.56 Å². The minimum absolute atomic E-state index is 0.0148. The fourth-order valence-electron chi connectivity index (χ4n) is 3.18. The van der Waals surface area contributed by atoms with Gasteiger partial charge in [-0.3, -0.25) is 14.2 Å². The van der Waals surface area contributed by atoms with Gasteiger partial charge in [0.15, 0.2) is 11.3 Å². The number of carbonyl (C=O) groups excluding carboxylic acids is 1. The van der Waals surface area contributed by atoms with Crippen LogP contribution in [-0.4, -0.2) is 43.1 Å². The normalized spacial score (nSPS) is 14.4. The molecule has 1 aliphatic heterocycles. The molecular weight excluding hydrogens is 339 g/mol. The van der Waals surface area contributed by atoms with E-state index in [-0.39, 0.29) is 28.9 Å². The minimum atomic E-state index is -0.705. The molecule has 3 aromatic rings. The first-order chi connectivity index (χ1) is 12.5. The average Bonchev–Trinajstić information content (AvgIpc) is 2.99. The molecule has 3 heterocycles. The molecule has 2 aromatic heterocycles. The number of nitrogens with zero attached hydrogens (tertiary/aromatic N) is 4. The van der Waals surface area contributed by atoms with Crippen LogP contribution < -0.4 is 5.56 Å². The van der Waals surface area contributed by atoms with E-state index in [0.29, 0.717) is 18.6 Å². The van der Waals surface area contributed by atoms with Gasteiger partial charge in [-0.2, -0.15) is 0 Å². The highest BCUT2D eigenvalue weighted by atomic mass is 19.1. The molecule has 26 heavy (non-hydrogen) atoms. The quantitative estimate of drug-likeness (QED) is 0.725. The summed E-state index contributed by atoms with van der Waals surface area (Å²) in [4.78, 5) is 30.1. The van der Waals surface area contributed by atoms with E-state index in [1.807, 2.05) is 4.57 Å². The summed E-state index contributed by atoms with van der Waals surface area (Å²) in [6.07, 6.45) is 4.21. The zero-order valence-electron chi connectivity index (χ0n) is 13.7. The number of aromatic nitrogens is 3. The molecule has 1 saturated heterocycles. The lowest BCUT2D eigenvalue weighted by Gasteiger charge is -2.39. The number of amides is 1. The third-order valence-electron chi connectivity index (χ3n) is 4.58. The number of carbonyl (C=O) groups is 1. The lowest BCUT2D eigenvalue weighted by molar-refractivity contribution is -0.131. The second-order valence-corrected chi connectivity index (χ2v) is 6.09. The molecule has 0 aliphatic carbocycles. The molecule has 8 heteroatoms. The Balaban J connectivity index is 1.74. The van der Waals surface area contributed by atoms with Crippen LogP contribution in [0, 0.1) is 5.82 Å². The lowest BCUT2D eigenvalue weighted by atomic mass is 10.1. The van der Waals surface area contributed by atoms with Gasteiger partial charge in [-0.05, 0) is 24.3 Å². The summed E-state index contributed by atoms with van der Waals surface area (Å²) >= 11 is 0. The van der Waals surface area contributed by atoms with Crippen molar-refractivity contribution in [1.29, 1.82) is 0 Å². The molecule has 0 unspecified atom stereocenters. The van der Waals surface area contributed by atoms with Crippen molar-refractivity contribution in [2.75, 3.05) is 13.1 Å². The van der Waals surface area contributed by atoms with Crippen molar-refractivity contribution in [1.82, 2.24) is 19.0 Å². The minimum Gasteiger partial charge on any atom is -0.506 e. The molecule has 0 atom stereocenters. The highest BCUT2D eigenvalue weighted by Gasteiger charge is 2.31. The fraction of sp³-hybridized carbons (Fsp3) is 0.167. The van der Waals surface area contributed by atoms with Crippen LogP contribution in [0.1, 0.15) is 6.04 Å². The van der Waals surface area contributed by atoms with E-state index in [1.54, 1.807) is 11.0 Å². The van der Waals surface area contributed by atoms with E-state index in [2.05, 4.69) is 11.6 Å². The number of aromatic hydroxyl groups is 1. The van der Waals surface area contributed by atoms with Crippen molar-refractivity contribution in [3.63, 3.8) is 0 Å². The van der Waals surface area contributed by atoms with E-state index in [9.17, 15) is 19.1 Å². The van der Waals surface area contributed by atoms with Crippen LogP contribution in [0.15, 0.2) is 54.2 Å². The molecule has 1 aromatic carbocycles. The highest BCUT2D eigenvalue weighted by Crippen LogP contribution is 2.27. The SMILES string of the molecule is C=CC(=O)N1CC(n2cnc3c(=O)n(-c4c(O)cccc4F)ccc32)C1. The summed E-state index contributed by atoms with van der Waals surface area (Å²) in [6.45, 7) is 4.47. The summed E-state index contributed by atoms with van der Waals surface area (Å²) in [7, 11) is 0. The number of hydrogen-bond donors (Lipinski definition) is 1. The Morgan fingerprint density at radius 2 is 2.12 bits per heavy atom. The molecular formula is C18H15FN4O3. The van der Waals surface area contributed by atoms with Crippen LogP contribution in [-0.2, 0) is 4.79 Å². The average molecular weight is 354 g/mol. The van der Waals surface area contributed by atoms with Crippen LogP contribution in [0.5, 0.6) is 5.75 Å². The third-order valence-corrected chi connectivity index (χ3v) is 4.58. The summed E-state index contributed by atoms with van der Waals surface area (Å²) < 4.78 is 16.9. The number of imidazole rings is 1. The topological polar surface area (TPSA) is 80.4 Å². The van der Waals surface area contributed by atoms with Crippen LogP contribution in [0.25, 0.3) is 16.7 Å². The molecule has 1 fully saturated rings. The van der Waals surface area contributed by atoms with Gasteiger partial charge in [-0.15, -0.1) is 0 Å². The van der Waals surface area contributed by atoms with Crippen molar-refractivity contribution >= 4 is 16.9 Å². The predicted molar refractivity (Wildman–Crippen MR) is 92.8 cm³/mol. The Labute approximate surface area is 147 Å². The zero-order chi connectivity index (χ0) is 18.4. The number of hydrogen-bond acceptors (Lipinski definition) is 4. The summed E-state index contributed by atoms with van der Waals surface area (Å²) in [5.41, 5.74) is 0.0294.